The number of hydrogen-bond donors (Lipinski definition) is 1. The molecule has 2 N–H and O–H groups in total. The maximum absolute atomic E-state index is 10.8. The number of fused-ring (bicyclic) bond motifs is 1. The summed E-state index contributed by atoms with van der Waals surface area (Å²) < 4.78 is 6.70. The minimum absolute atomic E-state index is 0.329. The molecule has 0 aromatic carbocycles. The van der Waals surface area contributed by atoms with Crippen molar-refractivity contribution in [1.29, 1.82) is 0 Å². The Balaban J connectivity index is 2.70. The molecule has 0 saturated heterocycles. The zero-order valence-corrected chi connectivity index (χ0v) is 5.78. The van der Waals surface area contributed by atoms with Crippen LogP contribution in [0.25, 0.3) is 0 Å². The Hall–Kier alpha value is -1.52. The fourth-order valence-electron chi connectivity index (χ4n) is 1.06. The van der Waals surface area contributed by atoms with E-state index in [9.17, 15) is 4.79 Å². The van der Waals surface area contributed by atoms with Crippen molar-refractivity contribution >= 4 is 5.82 Å². The number of aromatic nitrogens is 2. The standard InChI is InChI=1S/C6H7N3O2/c7-4-3-5(10)8-6-9(4)1-2-11-6/h3H,1-2,7H2. The molecule has 1 aromatic heterocycles. The van der Waals surface area contributed by atoms with Gasteiger partial charge in [-0.25, -0.2) is 0 Å². The SMILES string of the molecule is Nc1cc(=O)nc2n1CCO2. The lowest BCUT2D eigenvalue weighted by atomic mass is 10.5. The first-order valence-corrected chi connectivity index (χ1v) is 3.27. The van der Waals surface area contributed by atoms with Gasteiger partial charge in [-0.3, -0.25) is 9.36 Å². The van der Waals surface area contributed by atoms with Gasteiger partial charge >= 0.3 is 6.01 Å². The number of anilines is 1. The highest BCUT2D eigenvalue weighted by Gasteiger charge is 2.13. The van der Waals surface area contributed by atoms with Gasteiger partial charge in [0.2, 0.25) is 0 Å². The van der Waals surface area contributed by atoms with E-state index in [0.717, 1.165) is 0 Å². The van der Waals surface area contributed by atoms with Gasteiger partial charge < -0.3 is 10.5 Å². The van der Waals surface area contributed by atoms with Gasteiger partial charge in [-0.2, -0.15) is 4.98 Å². The lowest BCUT2D eigenvalue weighted by molar-refractivity contribution is 0.343. The maximum Gasteiger partial charge on any atom is 0.301 e. The third-order valence-electron chi connectivity index (χ3n) is 1.57. The van der Waals surface area contributed by atoms with Crippen molar-refractivity contribution in [3.63, 3.8) is 0 Å². The van der Waals surface area contributed by atoms with Crippen molar-refractivity contribution in [3.05, 3.63) is 16.4 Å². The molecule has 0 atom stereocenters. The van der Waals surface area contributed by atoms with Gasteiger partial charge in [0.25, 0.3) is 5.56 Å². The summed E-state index contributed by atoms with van der Waals surface area (Å²) in [5, 5.41) is 0. The highest BCUT2D eigenvalue weighted by atomic mass is 16.5. The lowest BCUT2D eigenvalue weighted by Crippen LogP contribution is -2.12. The number of nitrogen functional groups attached to an aromatic ring is 1. The second kappa shape index (κ2) is 1.98. The molecule has 2 heterocycles. The molecule has 1 aliphatic rings. The van der Waals surface area contributed by atoms with Gasteiger partial charge in [-0.15, -0.1) is 0 Å². The fraction of sp³-hybridized carbons (Fsp3) is 0.333. The van der Waals surface area contributed by atoms with Crippen molar-refractivity contribution in [3.8, 4) is 6.01 Å². The Bertz CT molecular complexity index is 344. The first kappa shape index (κ1) is 6.21. The second-order valence-corrected chi connectivity index (χ2v) is 2.30. The highest BCUT2D eigenvalue weighted by molar-refractivity contribution is 5.31. The van der Waals surface area contributed by atoms with Gasteiger partial charge in [0.1, 0.15) is 12.4 Å². The Labute approximate surface area is 62.4 Å². The lowest BCUT2D eigenvalue weighted by Gasteiger charge is -2.01. The smallest absolute Gasteiger partial charge is 0.301 e. The van der Waals surface area contributed by atoms with Crippen LogP contribution in [0.2, 0.25) is 0 Å². The Morgan fingerprint density at radius 2 is 2.55 bits per heavy atom. The monoisotopic (exact) mass is 153 g/mol. The largest absolute Gasteiger partial charge is 0.463 e. The summed E-state index contributed by atoms with van der Waals surface area (Å²) in [6.45, 7) is 1.22. The molecule has 1 aliphatic heterocycles. The minimum atomic E-state index is -0.351. The van der Waals surface area contributed by atoms with Crippen molar-refractivity contribution in [2.45, 2.75) is 6.54 Å². The summed E-state index contributed by atoms with van der Waals surface area (Å²) in [5.74, 6) is 0.414. The molecule has 5 nitrogen and oxygen atoms in total. The molecule has 0 spiro atoms. The van der Waals surface area contributed by atoms with Crippen LogP contribution in [0, 0.1) is 0 Å². The van der Waals surface area contributed by atoms with Crippen LogP contribution in [0.4, 0.5) is 5.82 Å². The number of nitrogens with zero attached hydrogens (tertiary/aromatic N) is 2. The van der Waals surface area contributed by atoms with E-state index in [1.165, 1.54) is 6.07 Å². The van der Waals surface area contributed by atoms with Crippen LogP contribution < -0.4 is 16.0 Å². The number of nitrogens with two attached hydrogens (primary N) is 1. The molecule has 1 aromatic rings. The molecule has 0 fully saturated rings. The van der Waals surface area contributed by atoms with Crippen LogP contribution in [-0.2, 0) is 6.54 Å². The van der Waals surface area contributed by atoms with Crippen LogP contribution in [-0.4, -0.2) is 16.2 Å². The van der Waals surface area contributed by atoms with Crippen molar-refractivity contribution in [2.75, 3.05) is 12.3 Å². The molecule has 2 rings (SSSR count). The maximum atomic E-state index is 10.8. The molecular formula is C6H7N3O2. The van der Waals surface area contributed by atoms with Gasteiger partial charge in [0, 0.05) is 6.07 Å². The molecule has 0 radical (unpaired) electrons. The fourth-order valence-corrected chi connectivity index (χ4v) is 1.06. The van der Waals surface area contributed by atoms with Gasteiger partial charge in [-0.05, 0) is 0 Å². The van der Waals surface area contributed by atoms with Gasteiger partial charge in [0.05, 0.1) is 6.54 Å². The molecule has 0 amide bonds. The zero-order valence-electron chi connectivity index (χ0n) is 5.78. The summed E-state index contributed by atoms with van der Waals surface area (Å²) in [4.78, 5) is 14.4. The van der Waals surface area contributed by atoms with E-state index >= 15 is 0 Å². The van der Waals surface area contributed by atoms with E-state index in [2.05, 4.69) is 4.98 Å². The van der Waals surface area contributed by atoms with Crippen LogP contribution in [0.3, 0.4) is 0 Å². The highest BCUT2D eigenvalue weighted by Crippen LogP contribution is 2.15. The Kier molecular flexibility index (Phi) is 1.12. The average Bonchev–Trinajstić information content (AvgIpc) is 2.34. The predicted molar refractivity (Wildman–Crippen MR) is 38.4 cm³/mol. The molecule has 0 bridgehead atoms. The summed E-state index contributed by atoms with van der Waals surface area (Å²) in [7, 11) is 0. The molecule has 0 saturated carbocycles. The molecule has 0 aliphatic carbocycles. The Morgan fingerprint density at radius 1 is 1.73 bits per heavy atom. The van der Waals surface area contributed by atoms with Crippen LogP contribution >= 0.6 is 0 Å². The van der Waals surface area contributed by atoms with Crippen LogP contribution in [0.1, 0.15) is 0 Å². The van der Waals surface area contributed by atoms with E-state index in [1.807, 2.05) is 0 Å². The van der Waals surface area contributed by atoms with Crippen molar-refractivity contribution in [1.82, 2.24) is 9.55 Å². The number of ether oxygens (including phenoxy) is 1. The normalized spacial score (nSPS) is 14.2. The summed E-state index contributed by atoms with van der Waals surface area (Å²) in [6, 6.07) is 1.62. The Morgan fingerprint density at radius 3 is 3.36 bits per heavy atom. The third kappa shape index (κ3) is 0.849. The number of hydrogen-bond acceptors (Lipinski definition) is 4. The van der Waals surface area contributed by atoms with Crippen LogP contribution in [0.5, 0.6) is 6.01 Å². The third-order valence-corrected chi connectivity index (χ3v) is 1.57. The van der Waals surface area contributed by atoms with Gasteiger partial charge in [-0.1, -0.05) is 0 Å². The van der Waals surface area contributed by atoms with Crippen molar-refractivity contribution in [2.24, 2.45) is 0 Å². The first-order chi connectivity index (χ1) is 5.27. The van der Waals surface area contributed by atoms with E-state index < -0.39 is 0 Å². The molecule has 11 heavy (non-hydrogen) atoms. The van der Waals surface area contributed by atoms with Gasteiger partial charge in [0.15, 0.2) is 0 Å². The first-order valence-electron chi connectivity index (χ1n) is 3.27. The summed E-state index contributed by atoms with van der Waals surface area (Å²) in [5.41, 5.74) is 5.16. The minimum Gasteiger partial charge on any atom is -0.463 e. The molecular weight excluding hydrogens is 146 g/mol. The topological polar surface area (TPSA) is 70.1 Å². The predicted octanol–water partition coefficient (Wildman–Crippen LogP) is -0.782. The molecule has 58 valence electrons. The van der Waals surface area contributed by atoms with Crippen molar-refractivity contribution < 1.29 is 4.74 Å². The summed E-state index contributed by atoms with van der Waals surface area (Å²) >= 11 is 0. The van der Waals surface area contributed by atoms with E-state index in [-0.39, 0.29) is 5.56 Å². The quantitative estimate of drug-likeness (QED) is 0.530. The van der Waals surface area contributed by atoms with Crippen LogP contribution in [0.15, 0.2) is 10.9 Å². The summed E-state index contributed by atoms with van der Waals surface area (Å²) in [6.07, 6.45) is 0. The van der Waals surface area contributed by atoms with E-state index in [0.29, 0.717) is 25.0 Å². The van der Waals surface area contributed by atoms with E-state index in [1.54, 1.807) is 4.57 Å². The number of rotatable bonds is 0. The molecule has 0 unspecified atom stereocenters. The van der Waals surface area contributed by atoms with E-state index in [4.69, 9.17) is 10.5 Å². The molecule has 5 heteroatoms. The zero-order chi connectivity index (χ0) is 7.84. The average molecular weight is 153 g/mol. The second-order valence-electron chi connectivity index (χ2n) is 2.30.